The number of aliphatic imine (C=N–C) groups is 1. The Morgan fingerprint density at radius 3 is 2.67 bits per heavy atom. The van der Waals surface area contributed by atoms with Crippen molar-refractivity contribution in [2.24, 2.45) is 10.7 Å². The van der Waals surface area contributed by atoms with Crippen LogP contribution in [0.5, 0.6) is 0 Å². The number of amides is 3. The second-order valence-corrected chi connectivity index (χ2v) is 4.19. The fraction of sp³-hybridized carbons (Fsp3) is 0.455. The zero-order valence-electron chi connectivity index (χ0n) is 10.6. The smallest absolute Gasteiger partial charge is 0.288 e. The number of nitrogens with two attached hydrogens (primary N) is 1. The quantitative estimate of drug-likeness (QED) is 0.514. The number of hydrogen-bond acceptors (Lipinski definition) is 4. The molecule has 0 aromatic carbocycles. The van der Waals surface area contributed by atoms with Gasteiger partial charge in [0.1, 0.15) is 0 Å². The minimum atomic E-state index is -0.603. The molecule has 0 aromatic heterocycles. The summed E-state index contributed by atoms with van der Waals surface area (Å²) in [4.78, 5) is 30.5. The van der Waals surface area contributed by atoms with E-state index in [-0.39, 0.29) is 11.9 Å². The first-order valence-corrected chi connectivity index (χ1v) is 5.63. The minimum Gasteiger partial charge on any atom is -0.288 e. The van der Waals surface area contributed by atoms with Crippen LogP contribution in [0.15, 0.2) is 17.1 Å². The summed E-state index contributed by atoms with van der Waals surface area (Å²) in [6.45, 7) is 2.38. The van der Waals surface area contributed by atoms with Crippen LogP contribution in [-0.4, -0.2) is 64.8 Å². The second-order valence-electron chi connectivity index (χ2n) is 4.19. The topological polar surface area (TPSA) is 82.0 Å². The number of rotatable bonds is 2. The fourth-order valence-electron chi connectivity index (χ4n) is 2.04. The highest BCUT2D eigenvalue weighted by Gasteiger charge is 2.50. The van der Waals surface area contributed by atoms with E-state index in [1.54, 1.807) is 11.6 Å². The summed E-state index contributed by atoms with van der Waals surface area (Å²) < 4.78 is 1.68. The molecule has 1 saturated heterocycles. The molecule has 1 fully saturated rings. The lowest BCUT2D eigenvalue weighted by atomic mass is 10.1. The van der Waals surface area contributed by atoms with Crippen molar-refractivity contribution < 1.29 is 14.2 Å². The largest absolute Gasteiger partial charge is 0.388 e. The lowest BCUT2D eigenvalue weighted by molar-refractivity contribution is -0.526. The summed E-state index contributed by atoms with van der Waals surface area (Å²) in [5, 5.41) is 0. The molecule has 0 spiro atoms. The highest BCUT2D eigenvalue weighted by atomic mass is 16.2. The van der Waals surface area contributed by atoms with Crippen molar-refractivity contribution in [3.63, 3.8) is 0 Å². The highest BCUT2D eigenvalue weighted by Crippen LogP contribution is 2.17. The van der Waals surface area contributed by atoms with E-state index in [1.807, 2.05) is 19.1 Å². The number of nitrogens with zero attached hydrogens (tertiary/aromatic N) is 4. The molecule has 2 rings (SSSR count). The highest BCUT2D eigenvalue weighted by molar-refractivity contribution is 6.22. The Labute approximate surface area is 105 Å². The van der Waals surface area contributed by atoms with E-state index in [1.165, 1.54) is 11.9 Å². The molecule has 0 saturated carbocycles. The summed E-state index contributed by atoms with van der Waals surface area (Å²) in [6, 6.07) is -0.996. The van der Waals surface area contributed by atoms with Crippen molar-refractivity contribution in [1.82, 2.24) is 9.80 Å². The normalized spacial score (nSPS) is 24.2. The molecule has 0 bridgehead atoms. The molecule has 7 nitrogen and oxygen atoms in total. The maximum absolute atomic E-state index is 12.1. The summed E-state index contributed by atoms with van der Waals surface area (Å²) in [5.41, 5.74) is 5.81. The molecule has 96 valence electrons. The van der Waals surface area contributed by atoms with E-state index in [4.69, 9.17) is 5.73 Å². The van der Waals surface area contributed by atoms with Crippen LogP contribution in [0.25, 0.3) is 0 Å². The number of likely N-dealkylation sites (N-methyl/N-ethyl adjacent to an activating group) is 2. The van der Waals surface area contributed by atoms with Crippen molar-refractivity contribution in [3.05, 3.63) is 12.2 Å². The second kappa shape index (κ2) is 4.25. The molecule has 7 heteroatoms. The number of carbonyl (C=O) groups excluding carboxylic acids is 2. The van der Waals surface area contributed by atoms with Gasteiger partial charge in [-0.05, 0) is 6.92 Å². The molecule has 0 aliphatic carbocycles. The van der Waals surface area contributed by atoms with Crippen LogP contribution < -0.4 is 5.73 Å². The average Bonchev–Trinajstić information content (AvgIpc) is 2.68. The van der Waals surface area contributed by atoms with Gasteiger partial charge in [0.15, 0.2) is 0 Å². The van der Waals surface area contributed by atoms with Gasteiger partial charge in [-0.25, -0.2) is 9.37 Å². The van der Waals surface area contributed by atoms with Crippen LogP contribution in [0.4, 0.5) is 4.79 Å². The number of guanidine groups is 1. The van der Waals surface area contributed by atoms with Crippen molar-refractivity contribution in [2.45, 2.75) is 13.0 Å². The van der Waals surface area contributed by atoms with Crippen LogP contribution in [-0.2, 0) is 4.79 Å². The molecule has 2 aliphatic rings. The lowest BCUT2D eigenvalue weighted by Gasteiger charge is -2.31. The molecule has 2 aliphatic heterocycles. The third-order valence-corrected chi connectivity index (χ3v) is 3.10. The average molecular weight is 250 g/mol. The molecule has 1 atom stereocenters. The van der Waals surface area contributed by atoms with Crippen LogP contribution in [0.3, 0.4) is 0 Å². The van der Waals surface area contributed by atoms with Crippen molar-refractivity contribution in [1.29, 1.82) is 0 Å². The van der Waals surface area contributed by atoms with Crippen molar-refractivity contribution in [3.8, 4) is 0 Å². The molecule has 0 aromatic rings. The van der Waals surface area contributed by atoms with Crippen LogP contribution in [0, 0.1) is 0 Å². The molecule has 2 heterocycles. The number of allylic oxidation sites excluding steroid dienone is 1. The van der Waals surface area contributed by atoms with Gasteiger partial charge < -0.3 is 0 Å². The molecular weight excluding hydrogens is 234 g/mol. The van der Waals surface area contributed by atoms with Crippen molar-refractivity contribution >= 4 is 23.7 Å². The fourth-order valence-corrected chi connectivity index (χ4v) is 2.04. The molecule has 1 unspecified atom stereocenters. The van der Waals surface area contributed by atoms with E-state index < -0.39 is 12.1 Å². The zero-order chi connectivity index (χ0) is 13.4. The maximum atomic E-state index is 12.1. The summed E-state index contributed by atoms with van der Waals surface area (Å²) in [6.07, 6.45) is 3.76. The van der Waals surface area contributed by atoms with Gasteiger partial charge in [0, 0.05) is 14.1 Å². The van der Waals surface area contributed by atoms with Gasteiger partial charge in [0.25, 0.3) is 5.91 Å². The summed E-state index contributed by atoms with van der Waals surface area (Å²) >= 11 is 0. The molecule has 2 N–H and O–H groups in total. The zero-order valence-corrected chi connectivity index (χ0v) is 10.6. The third-order valence-electron chi connectivity index (χ3n) is 3.10. The Bertz CT molecular complexity index is 506. The van der Waals surface area contributed by atoms with Gasteiger partial charge in [-0.3, -0.25) is 20.3 Å². The van der Waals surface area contributed by atoms with Gasteiger partial charge in [-0.1, -0.05) is 17.1 Å². The summed E-state index contributed by atoms with van der Waals surface area (Å²) in [7, 11) is 3.05. The van der Waals surface area contributed by atoms with Gasteiger partial charge in [0.05, 0.1) is 6.54 Å². The maximum Gasteiger partial charge on any atom is 0.388 e. The monoisotopic (exact) mass is 250 g/mol. The lowest BCUT2D eigenvalue weighted by Crippen LogP contribution is -2.61. The molecule has 0 radical (unpaired) electrons. The van der Waals surface area contributed by atoms with E-state index in [0.29, 0.717) is 12.4 Å². The first-order chi connectivity index (χ1) is 8.49. The van der Waals surface area contributed by atoms with E-state index in [2.05, 4.69) is 4.99 Å². The van der Waals surface area contributed by atoms with Gasteiger partial charge in [0.2, 0.25) is 11.9 Å². The third kappa shape index (κ3) is 1.59. The van der Waals surface area contributed by atoms with E-state index in [0.717, 1.165) is 4.90 Å². The number of fused-ring (bicyclic) bond motifs is 1. The number of urea groups is 1. The first kappa shape index (κ1) is 12.3. The predicted octanol–water partition coefficient (Wildman–Crippen LogP) is -0.806. The van der Waals surface area contributed by atoms with Crippen LogP contribution in [0.1, 0.15) is 6.92 Å². The number of amidine groups is 1. The van der Waals surface area contributed by atoms with Crippen LogP contribution in [0.2, 0.25) is 0 Å². The standard InChI is InChI=1S/C11H15N5O2/c1-4-5-6-16-7-8(13-10(16)12)14(2)11(18)15(3)9(7)17/h4-5,7,12H,6H2,1-3H3/p+1/b5-4+. The van der Waals surface area contributed by atoms with Crippen LogP contribution >= 0.6 is 0 Å². The SMILES string of the molecule is C/C=C/C[N+]1=C(N)N=C2C1C(=O)N(C)C(=O)N2C. The summed E-state index contributed by atoms with van der Waals surface area (Å²) in [5.74, 6) is 0.350. The Morgan fingerprint density at radius 1 is 1.39 bits per heavy atom. The number of hydrogen-bond donors (Lipinski definition) is 1. The predicted molar refractivity (Wildman–Crippen MR) is 66.3 cm³/mol. The number of imide groups is 1. The van der Waals surface area contributed by atoms with Gasteiger partial charge in [-0.15, -0.1) is 0 Å². The Kier molecular flexibility index (Phi) is 2.90. The Morgan fingerprint density at radius 2 is 2.06 bits per heavy atom. The van der Waals surface area contributed by atoms with E-state index in [9.17, 15) is 9.59 Å². The molecular formula is C11H16N5O2+. The Hall–Kier alpha value is -2.18. The molecule has 3 amide bonds. The molecule has 18 heavy (non-hydrogen) atoms. The van der Waals surface area contributed by atoms with Crippen molar-refractivity contribution in [2.75, 3.05) is 20.6 Å². The first-order valence-electron chi connectivity index (χ1n) is 5.63. The minimum absolute atomic E-state index is 0.261. The number of carbonyl (C=O) groups is 2. The van der Waals surface area contributed by atoms with E-state index >= 15 is 0 Å². The Balaban J connectivity index is 2.39. The van der Waals surface area contributed by atoms with Gasteiger partial charge >= 0.3 is 12.0 Å². The van der Waals surface area contributed by atoms with Gasteiger partial charge in [-0.2, -0.15) is 0 Å².